The highest BCUT2D eigenvalue weighted by atomic mass is 35.7. The molecule has 0 fully saturated rings. The molecule has 0 saturated carbocycles. The minimum Gasteiger partial charge on any atom is -0.483 e. The van der Waals surface area contributed by atoms with Crippen molar-refractivity contribution in [1.82, 2.24) is 0 Å². The fraction of sp³-hybridized carbons (Fsp3) is 0.333. The molecule has 0 aliphatic carbocycles. The molecule has 0 N–H and O–H groups in total. The summed E-state index contributed by atoms with van der Waals surface area (Å²) in [5.41, 5.74) is 0. The Bertz CT molecular complexity index is 351. The molecule has 1 atom stereocenters. The van der Waals surface area contributed by atoms with Gasteiger partial charge in [-0.1, -0.05) is 48.5 Å². The van der Waals surface area contributed by atoms with E-state index in [-0.39, 0.29) is 0 Å². The van der Waals surface area contributed by atoms with E-state index in [0.717, 1.165) is 17.0 Å². The van der Waals surface area contributed by atoms with Crippen LogP contribution >= 0.6 is 30.1 Å². The fourth-order valence-corrected chi connectivity index (χ4v) is 4.07. The van der Waals surface area contributed by atoms with Crippen LogP contribution < -0.4 is 5.30 Å². The SMILES string of the molecule is CCO/C(Cl)=C(/CC)P(Cl)c1ccccc1. The second-order valence-electron chi connectivity index (χ2n) is 3.12. The standard InChI is InChI=1S/C12H15Cl2OP/c1-3-11(12(13)15-4-2)16(14)10-8-6-5-7-9-10/h5-9H,3-4H2,1-2H3/b12-11-. The minimum absolute atomic E-state index is 0.454. The largest absolute Gasteiger partial charge is 0.483 e. The maximum Gasteiger partial charge on any atom is 0.192 e. The first-order valence-corrected chi connectivity index (χ1v) is 7.85. The third-order valence-corrected chi connectivity index (χ3v) is 5.46. The molecular weight excluding hydrogens is 262 g/mol. The highest BCUT2D eigenvalue weighted by molar-refractivity contribution is 7.93. The first kappa shape index (κ1) is 13.8. The van der Waals surface area contributed by atoms with E-state index in [1.54, 1.807) is 0 Å². The van der Waals surface area contributed by atoms with Crippen molar-refractivity contribution in [3.63, 3.8) is 0 Å². The Hall–Kier alpha value is -0.230. The van der Waals surface area contributed by atoms with Crippen molar-refractivity contribution >= 4 is 35.4 Å². The Balaban J connectivity index is 2.94. The van der Waals surface area contributed by atoms with Gasteiger partial charge in [-0.05, 0) is 30.3 Å². The summed E-state index contributed by atoms with van der Waals surface area (Å²) in [6.45, 7) is 4.52. The van der Waals surface area contributed by atoms with Gasteiger partial charge in [0.2, 0.25) is 0 Å². The summed E-state index contributed by atoms with van der Waals surface area (Å²) in [6.07, 6.45) is 0.808. The molecule has 0 radical (unpaired) electrons. The van der Waals surface area contributed by atoms with Crippen molar-refractivity contribution in [2.24, 2.45) is 0 Å². The lowest BCUT2D eigenvalue weighted by atomic mass is 10.4. The van der Waals surface area contributed by atoms with Crippen LogP contribution in [0.15, 0.2) is 40.9 Å². The van der Waals surface area contributed by atoms with Gasteiger partial charge in [-0.3, -0.25) is 0 Å². The van der Waals surface area contributed by atoms with Crippen molar-refractivity contribution in [2.45, 2.75) is 20.3 Å². The molecule has 0 saturated heterocycles. The quantitative estimate of drug-likeness (QED) is 0.554. The highest BCUT2D eigenvalue weighted by Crippen LogP contribution is 2.52. The zero-order chi connectivity index (χ0) is 12.0. The van der Waals surface area contributed by atoms with E-state index in [1.165, 1.54) is 0 Å². The average Bonchev–Trinajstić information content (AvgIpc) is 2.31. The van der Waals surface area contributed by atoms with Crippen LogP contribution in [0, 0.1) is 0 Å². The first-order chi connectivity index (χ1) is 7.70. The van der Waals surface area contributed by atoms with Gasteiger partial charge in [-0.2, -0.15) is 0 Å². The van der Waals surface area contributed by atoms with Crippen molar-refractivity contribution < 1.29 is 4.74 Å². The summed E-state index contributed by atoms with van der Waals surface area (Å²) in [7, 11) is -0.895. The fourth-order valence-electron chi connectivity index (χ4n) is 1.28. The van der Waals surface area contributed by atoms with Crippen LogP contribution in [0.3, 0.4) is 0 Å². The van der Waals surface area contributed by atoms with Gasteiger partial charge < -0.3 is 4.74 Å². The van der Waals surface area contributed by atoms with Gasteiger partial charge in [0.15, 0.2) is 5.22 Å². The minimum atomic E-state index is -0.895. The van der Waals surface area contributed by atoms with Gasteiger partial charge in [-0.25, -0.2) is 0 Å². The van der Waals surface area contributed by atoms with E-state index in [9.17, 15) is 0 Å². The number of allylic oxidation sites excluding steroid dienone is 1. The maximum atomic E-state index is 6.45. The summed E-state index contributed by atoms with van der Waals surface area (Å²) in [5, 5.41) is 2.55. The number of hydrogen-bond acceptors (Lipinski definition) is 1. The summed E-state index contributed by atoms with van der Waals surface area (Å²) in [5.74, 6) is 0. The zero-order valence-electron chi connectivity index (χ0n) is 9.41. The molecule has 88 valence electrons. The van der Waals surface area contributed by atoms with E-state index < -0.39 is 7.27 Å². The molecule has 1 aromatic carbocycles. The normalized spacial score (nSPS) is 14.2. The van der Waals surface area contributed by atoms with E-state index in [4.69, 9.17) is 27.6 Å². The van der Waals surface area contributed by atoms with Gasteiger partial charge in [-0.15, -0.1) is 0 Å². The van der Waals surface area contributed by atoms with Crippen LogP contribution in [-0.4, -0.2) is 6.61 Å². The maximum absolute atomic E-state index is 6.45. The molecule has 0 aliphatic heterocycles. The third-order valence-electron chi connectivity index (χ3n) is 2.05. The molecule has 0 bridgehead atoms. The second-order valence-corrected chi connectivity index (χ2v) is 6.10. The van der Waals surface area contributed by atoms with Gasteiger partial charge in [0.1, 0.15) is 0 Å². The molecule has 1 nitrogen and oxygen atoms in total. The zero-order valence-corrected chi connectivity index (χ0v) is 11.8. The van der Waals surface area contributed by atoms with Gasteiger partial charge >= 0.3 is 0 Å². The van der Waals surface area contributed by atoms with Gasteiger partial charge in [0.25, 0.3) is 0 Å². The monoisotopic (exact) mass is 276 g/mol. The van der Waals surface area contributed by atoms with Crippen molar-refractivity contribution in [3.05, 3.63) is 40.9 Å². The van der Waals surface area contributed by atoms with Crippen LogP contribution in [0.25, 0.3) is 0 Å². The lowest BCUT2D eigenvalue weighted by Crippen LogP contribution is -1.99. The number of halogens is 2. The average molecular weight is 277 g/mol. The van der Waals surface area contributed by atoms with Crippen LogP contribution in [0.4, 0.5) is 0 Å². The van der Waals surface area contributed by atoms with Crippen molar-refractivity contribution in [2.75, 3.05) is 6.61 Å². The number of rotatable bonds is 5. The van der Waals surface area contributed by atoms with E-state index in [0.29, 0.717) is 11.8 Å². The Morgan fingerprint density at radius 3 is 2.38 bits per heavy atom. The van der Waals surface area contributed by atoms with Crippen LogP contribution in [0.2, 0.25) is 0 Å². The predicted octanol–water partition coefficient (Wildman–Crippen LogP) is 4.80. The molecule has 1 rings (SSSR count). The second kappa shape index (κ2) is 7.17. The first-order valence-electron chi connectivity index (χ1n) is 5.23. The van der Waals surface area contributed by atoms with Gasteiger partial charge in [0, 0.05) is 5.31 Å². The molecule has 4 heteroatoms. The van der Waals surface area contributed by atoms with Crippen molar-refractivity contribution in [3.8, 4) is 0 Å². The van der Waals surface area contributed by atoms with Crippen LogP contribution in [0.5, 0.6) is 0 Å². The Labute approximate surface area is 108 Å². The highest BCUT2D eigenvalue weighted by Gasteiger charge is 2.16. The van der Waals surface area contributed by atoms with Crippen molar-refractivity contribution in [1.29, 1.82) is 0 Å². The molecule has 0 aromatic heterocycles. The molecule has 1 unspecified atom stereocenters. The Morgan fingerprint density at radius 2 is 1.88 bits per heavy atom. The molecule has 0 heterocycles. The third kappa shape index (κ3) is 3.66. The number of hydrogen-bond donors (Lipinski definition) is 0. The van der Waals surface area contributed by atoms with E-state index in [2.05, 4.69) is 0 Å². The van der Waals surface area contributed by atoms with Gasteiger partial charge in [0.05, 0.1) is 13.9 Å². The lowest BCUT2D eigenvalue weighted by molar-refractivity contribution is 0.253. The van der Waals surface area contributed by atoms with Crippen LogP contribution in [-0.2, 0) is 4.74 Å². The Kier molecular flexibility index (Phi) is 6.20. The number of ether oxygens (including phenoxy) is 1. The number of benzene rings is 1. The topological polar surface area (TPSA) is 9.23 Å². The summed E-state index contributed by atoms with van der Waals surface area (Å²) in [4.78, 5) is 0. The van der Waals surface area contributed by atoms with Crippen LogP contribution in [0.1, 0.15) is 20.3 Å². The lowest BCUT2D eigenvalue weighted by Gasteiger charge is -2.15. The molecule has 16 heavy (non-hydrogen) atoms. The Morgan fingerprint density at radius 1 is 1.25 bits per heavy atom. The molecule has 1 aromatic rings. The van der Waals surface area contributed by atoms with E-state index >= 15 is 0 Å². The molecule has 0 spiro atoms. The van der Waals surface area contributed by atoms with E-state index in [1.807, 2.05) is 44.2 Å². The summed E-state index contributed by atoms with van der Waals surface area (Å²) < 4.78 is 5.31. The smallest absolute Gasteiger partial charge is 0.192 e. The molecule has 0 amide bonds. The predicted molar refractivity (Wildman–Crippen MR) is 73.6 cm³/mol. The molecule has 0 aliphatic rings. The molecular formula is C12H15Cl2OP. The summed E-state index contributed by atoms with van der Waals surface area (Å²) in [6, 6.07) is 9.97. The summed E-state index contributed by atoms with van der Waals surface area (Å²) >= 11 is 12.5.